The third-order valence-corrected chi connectivity index (χ3v) is 3.40. The van der Waals surface area contributed by atoms with Gasteiger partial charge in [0.25, 0.3) is 0 Å². The molecule has 0 fully saturated rings. The van der Waals surface area contributed by atoms with Gasteiger partial charge in [-0.2, -0.15) is 0 Å². The highest BCUT2D eigenvalue weighted by Crippen LogP contribution is 2.34. The lowest BCUT2D eigenvalue weighted by molar-refractivity contribution is -0.680. The Balaban J connectivity index is 4.53. The molecule has 0 radical (unpaired) electrons. The summed E-state index contributed by atoms with van der Waals surface area (Å²) in [6, 6.07) is 0. The van der Waals surface area contributed by atoms with E-state index in [0.717, 1.165) is 5.48 Å². The lowest BCUT2D eigenvalue weighted by Gasteiger charge is -2.43. The van der Waals surface area contributed by atoms with E-state index in [1.54, 1.807) is 0 Å². The summed E-state index contributed by atoms with van der Waals surface area (Å²) in [6.45, 7) is 12.6. The van der Waals surface area contributed by atoms with E-state index in [-0.39, 0.29) is 11.0 Å². The van der Waals surface area contributed by atoms with Crippen LogP contribution in [0, 0.1) is 16.5 Å². The molecule has 0 saturated carbocycles. The summed E-state index contributed by atoms with van der Waals surface area (Å²) in [5.74, 6) is 0.530. The van der Waals surface area contributed by atoms with Gasteiger partial charge in [0, 0.05) is 5.41 Å². The van der Waals surface area contributed by atoms with Crippen LogP contribution in [0.2, 0.25) is 0 Å². The number of hydrogen-bond acceptors (Lipinski definition) is 1. The first-order valence-electron chi connectivity index (χ1n) is 4.22. The number of quaternary nitrogens is 1. The molecule has 2 nitrogen and oxygen atoms in total. The van der Waals surface area contributed by atoms with E-state index in [4.69, 9.17) is 0 Å². The van der Waals surface area contributed by atoms with Crippen LogP contribution in [-0.2, 0) is 0 Å². The van der Waals surface area contributed by atoms with Gasteiger partial charge in [-0.05, 0) is 19.8 Å². The van der Waals surface area contributed by atoms with Crippen molar-refractivity contribution >= 4 is 0 Å². The van der Waals surface area contributed by atoms with Gasteiger partial charge in [0.05, 0.1) is 5.54 Å². The standard InChI is InChI=1S/C9H21NO/c1-7(2)8(3,4)9(5,6)10-11/h7H,10H2,1-6H3. The maximum absolute atomic E-state index is 10.8. The summed E-state index contributed by atoms with van der Waals surface area (Å²) >= 11 is 0. The topological polar surface area (TPSA) is 39.7 Å². The first-order chi connectivity index (χ1) is 4.75. The molecule has 0 bridgehead atoms. The van der Waals surface area contributed by atoms with E-state index < -0.39 is 0 Å². The predicted octanol–water partition coefficient (Wildman–Crippen LogP) is 1.51. The lowest BCUT2D eigenvalue weighted by Crippen LogP contribution is -2.93. The van der Waals surface area contributed by atoms with Crippen LogP contribution in [0.5, 0.6) is 0 Å². The summed E-state index contributed by atoms with van der Waals surface area (Å²) in [6.07, 6.45) is 0. The molecule has 0 aliphatic heterocycles. The Hall–Kier alpha value is -0.0800. The normalized spacial score (nSPS) is 14.2. The van der Waals surface area contributed by atoms with Crippen LogP contribution in [0.25, 0.3) is 0 Å². The molecule has 2 heteroatoms. The number of rotatable bonds is 3. The monoisotopic (exact) mass is 159 g/mol. The second kappa shape index (κ2) is 3.11. The largest absolute Gasteiger partial charge is 0.635 e. The summed E-state index contributed by atoms with van der Waals surface area (Å²) in [4.78, 5) is 0. The van der Waals surface area contributed by atoms with Gasteiger partial charge in [0.1, 0.15) is 0 Å². The number of hydrogen-bond donors (Lipinski definition) is 1. The Morgan fingerprint density at radius 1 is 1.09 bits per heavy atom. The van der Waals surface area contributed by atoms with Gasteiger partial charge < -0.3 is 10.7 Å². The van der Waals surface area contributed by atoms with Crippen molar-refractivity contribution in [1.82, 2.24) is 0 Å². The molecule has 68 valence electrons. The number of hydroxylamine groups is 1. The zero-order valence-electron chi connectivity index (χ0n) is 8.56. The Bertz CT molecular complexity index is 128. The van der Waals surface area contributed by atoms with Gasteiger partial charge in [0.15, 0.2) is 0 Å². The van der Waals surface area contributed by atoms with Crippen molar-refractivity contribution in [3.05, 3.63) is 5.21 Å². The summed E-state index contributed by atoms with van der Waals surface area (Å²) in [5.41, 5.74) is 0.920. The summed E-state index contributed by atoms with van der Waals surface area (Å²) in [7, 11) is 0. The van der Waals surface area contributed by atoms with E-state index >= 15 is 0 Å². The van der Waals surface area contributed by atoms with Gasteiger partial charge in [-0.15, -0.1) is 0 Å². The Morgan fingerprint density at radius 2 is 1.45 bits per heavy atom. The zero-order valence-corrected chi connectivity index (χ0v) is 8.56. The SMILES string of the molecule is CC(C)C(C)(C)C(C)(C)[NH2+][O-]. The molecule has 0 unspecified atom stereocenters. The molecule has 0 rings (SSSR count). The van der Waals surface area contributed by atoms with Crippen LogP contribution in [0.15, 0.2) is 0 Å². The van der Waals surface area contributed by atoms with Crippen molar-refractivity contribution in [2.75, 3.05) is 0 Å². The van der Waals surface area contributed by atoms with Crippen LogP contribution in [0.1, 0.15) is 41.5 Å². The predicted molar refractivity (Wildman–Crippen MR) is 48.0 cm³/mol. The van der Waals surface area contributed by atoms with Crippen LogP contribution in [0.3, 0.4) is 0 Å². The first-order valence-corrected chi connectivity index (χ1v) is 4.22. The Kier molecular flexibility index (Phi) is 3.09. The highest BCUT2D eigenvalue weighted by atomic mass is 16.5. The van der Waals surface area contributed by atoms with Gasteiger partial charge in [0.2, 0.25) is 0 Å². The molecule has 0 aliphatic rings. The average Bonchev–Trinajstić information content (AvgIpc) is 1.87. The van der Waals surface area contributed by atoms with E-state index in [2.05, 4.69) is 27.7 Å². The van der Waals surface area contributed by atoms with Crippen molar-refractivity contribution in [3.63, 3.8) is 0 Å². The Morgan fingerprint density at radius 3 is 1.55 bits per heavy atom. The molecule has 0 amide bonds. The maximum atomic E-state index is 10.8. The third-order valence-electron chi connectivity index (χ3n) is 3.40. The molecule has 0 saturated heterocycles. The van der Waals surface area contributed by atoms with Gasteiger partial charge in [-0.3, -0.25) is 0 Å². The van der Waals surface area contributed by atoms with Gasteiger partial charge >= 0.3 is 0 Å². The fourth-order valence-corrected chi connectivity index (χ4v) is 0.896. The van der Waals surface area contributed by atoms with Crippen LogP contribution in [-0.4, -0.2) is 5.54 Å². The van der Waals surface area contributed by atoms with Crippen molar-refractivity contribution < 1.29 is 5.48 Å². The summed E-state index contributed by atoms with van der Waals surface area (Å²) in [5, 5.41) is 10.8. The van der Waals surface area contributed by atoms with E-state index in [9.17, 15) is 5.21 Å². The van der Waals surface area contributed by atoms with Crippen molar-refractivity contribution in [2.24, 2.45) is 11.3 Å². The fraction of sp³-hybridized carbons (Fsp3) is 1.00. The third kappa shape index (κ3) is 1.94. The smallest absolute Gasteiger partial charge is 0.0955 e. The van der Waals surface area contributed by atoms with Gasteiger partial charge in [-0.25, -0.2) is 0 Å². The second-order valence-corrected chi connectivity index (χ2v) is 4.72. The quantitative estimate of drug-likeness (QED) is 0.623. The first kappa shape index (κ1) is 10.9. The molecule has 0 aromatic heterocycles. The van der Waals surface area contributed by atoms with Crippen molar-refractivity contribution in [3.8, 4) is 0 Å². The zero-order chi connectivity index (χ0) is 9.28. The molecule has 0 aromatic rings. The molecule has 11 heavy (non-hydrogen) atoms. The van der Waals surface area contributed by atoms with E-state index in [0.29, 0.717) is 5.92 Å². The van der Waals surface area contributed by atoms with E-state index in [1.165, 1.54) is 0 Å². The van der Waals surface area contributed by atoms with Crippen molar-refractivity contribution in [1.29, 1.82) is 0 Å². The highest BCUT2D eigenvalue weighted by molar-refractivity contribution is 4.87. The molecule has 2 N–H and O–H groups in total. The van der Waals surface area contributed by atoms with Gasteiger partial charge in [-0.1, -0.05) is 27.7 Å². The van der Waals surface area contributed by atoms with Crippen molar-refractivity contribution in [2.45, 2.75) is 47.1 Å². The molecule has 0 atom stereocenters. The van der Waals surface area contributed by atoms with Crippen LogP contribution >= 0.6 is 0 Å². The number of nitrogens with two attached hydrogens (primary N) is 1. The molecular weight excluding hydrogens is 138 g/mol. The maximum Gasteiger partial charge on any atom is 0.0955 e. The fourth-order valence-electron chi connectivity index (χ4n) is 0.896. The Labute approximate surface area is 70.0 Å². The molecule has 0 aromatic carbocycles. The van der Waals surface area contributed by atoms with Crippen LogP contribution in [0.4, 0.5) is 0 Å². The molecule has 0 heterocycles. The second-order valence-electron chi connectivity index (χ2n) is 4.72. The minimum atomic E-state index is -0.221. The highest BCUT2D eigenvalue weighted by Gasteiger charge is 2.40. The lowest BCUT2D eigenvalue weighted by atomic mass is 9.68. The molecule has 0 spiro atoms. The minimum Gasteiger partial charge on any atom is -0.635 e. The van der Waals surface area contributed by atoms with E-state index in [1.807, 2.05) is 13.8 Å². The average molecular weight is 159 g/mol. The molecular formula is C9H21NO. The van der Waals surface area contributed by atoms with Crippen LogP contribution < -0.4 is 5.48 Å². The minimum absolute atomic E-state index is 0.0781. The molecule has 0 aliphatic carbocycles. The summed E-state index contributed by atoms with van der Waals surface area (Å²) < 4.78 is 0.